The molecule has 0 radical (unpaired) electrons. The fourth-order valence-corrected chi connectivity index (χ4v) is 3.13. The highest BCUT2D eigenvalue weighted by Gasteiger charge is 2.30. The zero-order valence-corrected chi connectivity index (χ0v) is 15.9. The van der Waals surface area contributed by atoms with Crippen LogP contribution in [0.15, 0.2) is 53.7 Å². The number of methoxy groups -OCH3 is 1. The van der Waals surface area contributed by atoms with E-state index in [9.17, 15) is 4.79 Å². The summed E-state index contributed by atoms with van der Waals surface area (Å²) in [7, 11) is 1.61. The first-order valence-corrected chi connectivity index (χ1v) is 9.18. The summed E-state index contributed by atoms with van der Waals surface area (Å²) in [6.45, 7) is 6.13. The first-order valence-electron chi connectivity index (χ1n) is 9.18. The van der Waals surface area contributed by atoms with Crippen molar-refractivity contribution in [1.82, 2.24) is 0 Å². The van der Waals surface area contributed by atoms with Crippen molar-refractivity contribution in [2.45, 2.75) is 26.4 Å². The lowest BCUT2D eigenvalue weighted by molar-refractivity contribution is -0.125. The summed E-state index contributed by atoms with van der Waals surface area (Å²) in [6.07, 6.45) is -0.239. The van der Waals surface area contributed by atoms with Crippen LogP contribution in [0.5, 0.6) is 5.75 Å². The fourth-order valence-electron chi connectivity index (χ4n) is 3.13. The van der Waals surface area contributed by atoms with Crippen molar-refractivity contribution in [1.29, 1.82) is 0 Å². The molecule has 2 aromatic rings. The molecule has 1 N–H and O–H groups in total. The lowest BCUT2D eigenvalue weighted by Crippen LogP contribution is -2.28. The molecule has 1 unspecified atom stereocenters. The molecular weight excluding hydrogens is 342 g/mol. The maximum atomic E-state index is 12.5. The smallest absolute Gasteiger partial charge is 0.268 e. The number of oxime groups is 1. The lowest BCUT2D eigenvalue weighted by atomic mass is 10.0. The molecule has 27 heavy (non-hydrogen) atoms. The normalized spacial score (nSPS) is 15.7. The minimum Gasteiger partial charge on any atom is -0.496 e. The van der Waals surface area contributed by atoms with Crippen LogP contribution in [-0.4, -0.2) is 37.9 Å². The van der Waals surface area contributed by atoms with Crippen LogP contribution < -0.4 is 15.0 Å². The summed E-state index contributed by atoms with van der Waals surface area (Å²) in [5.74, 6) is 0.507. The molecule has 142 valence electrons. The second-order valence-electron chi connectivity index (χ2n) is 6.24. The topological polar surface area (TPSA) is 63.2 Å². The number of hydrogen-bond donors (Lipinski definition) is 1. The minimum atomic E-state index is -0.646. The van der Waals surface area contributed by atoms with E-state index in [-0.39, 0.29) is 5.91 Å². The predicted molar refractivity (Wildman–Crippen MR) is 108 cm³/mol. The molecule has 6 heteroatoms. The van der Waals surface area contributed by atoms with Crippen molar-refractivity contribution in [3.8, 4) is 5.75 Å². The first-order chi connectivity index (χ1) is 13.2. The van der Waals surface area contributed by atoms with Gasteiger partial charge < -0.3 is 19.8 Å². The summed E-state index contributed by atoms with van der Waals surface area (Å²) in [4.78, 5) is 20.1. The van der Waals surface area contributed by atoms with Gasteiger partial charge in [-0.25, -0.2) is 0 Å². The van der Waals surface area contributed by atoms with Crippen LogP contribution in [0.2, 0.25) is 0 Å². The van der Waals surface area contributed by atoms with Gasteiger partial charge in [-0.15, -0.1) is 0 Å². The maximum Gasteiger partial charge on any atom is 0.268 e. The Morgan fingerprint density at radius 1 is 1.19 bits per heavy atom. The molecule has 1 atom stereocenters. The van der Waals surface area contributed by atoms with Gasteiger partial charge in [0.1, 0.15) is 5.75 Å². The molecule has 0 aliphatic carbocycles. The van der Waals surface area contributed by atoms with Crippen molar-refractivity contribution >= 4 is 23.0 Å². The molecule has 0 spiro atoms. The van der Waals surface area contributed by atoms with Gasteiger partial charge in [-0.2, -0.15) is 0 Å². The summed E-state index contributed by atoms with van der Waals surface area (Å²) < 4.78 is 5.36. The van der Waals surface area contributed by atoms with E-state index in [1.807, 2.05) is 48.5 Å². The van der Waals surface area contributed by atoms with Crippen LogP contribution in [0.3, 0.4) is 0 Å². The number of amides is 1. The Labute approximate surface area is 159 Å². The average molecular weight is 367 g/mol. The standard InChI is InChI=1S/C21H25N3O3/c1-4-24(5-2)16-12-10-15(11-13-16)22-21(25)20-14-18(23-27-20)17-8-6-7-9-19(17)26-3/h6-13,20H,4-5,14H2,1-3H3,(H,22,25). The number of para-hydroxylation sites is 1. The van der Waals surface area contributed by atoms with Crippen LogP contribution in [0.25, 0.3) is 0 Å². The zero-order chi connectivity index (χ0) is 19.2. The van der Waals surface area contributed by atoms with Crippen LogP contribution in [-0.2, 0) is 9.63 Å². The van der Waals surface area contributed by atoms with Gasteiger partial charge in [-0.05, 0) is 50.2 Å². The molecule has 0 bridgehead atoms. The second kappa shape index (κ2) is 8.58. The Bertz CT molecular complexity index is 814. The molecule has 1 aliphatic heterocycles. The number of hydrogen-bond acceptors (Lipinski definition) is 5. The average Bonchev–Trinajstić information content (AvgIpc) is 3.20. The largest absolute Gasteiger partial charge is 0.496 e. The number of rotatable bonds is 7. The van der Waals surface area contributed by atoms with Gasteiger partial charge in [0.2, 0.25) is 6.10 Å². The number of nitrogens with one attached hydrogen (secondary N) is 1. The number of benzene rings is 2. The van der Waals surface area contributed by atoms with E-state index in [0.717, 1.165) is 30.0 Å². The van der Waals surface area contributed by atoms with Crippen LogP contribution in [0, 0.1) is 0 Å². The van der Waals surface area contributed by atoms with Gasteiger partial charge in [0.25, 0.3) is 5.91 Å². The Morgan fingerprint density at radius 2 is 1.89 bits per heavy atom. The van der Waals surface area contributed by atoms with E-state index in [4.69, 9.17) is 9.57 Å². The number of ether oxygens (including phenoxy) is 1. The molecule has 1 aliphatic rings. The summed E-state index contributed by atoms with van der Waals surface area (Å²) >= 11 is 0. The zero-order valence-electron chi connectivity index (χ0n) is 15.9. The Kier molecular flexibility index (Phi) is 5.96. The SMILES string of the molecule is CCN(CC)c1ccc(NC(=O)C2CC(c3ccccc3OC)=NO2)cc1. The van der Waals surface area contributed by atoms with E-state index >= 15 is 0 Å². The van der Waals surface area contributed by atoms with Crippen molar-refractivity contribution in [2.75, 3.05) is 30.4 Å². The minimum absolute atomic E-state index is 0.209. The van der Waals surface area contributed by atoms with Gasteiger partial charge in [0, 0.05) is 36.4 Å². The van der Waals surface area contributed by atoms with Gasteiger partial charge in [0.15, 0.2) is 0 Å². The summed E-state index contributed by atoms with van der Waals surface area (Å²) in [6, 6.07) is 15.4. The van der Waals surface area contributed by atoms with E-state index in [0.29, 0.717) is 17.9 Å². The summed E-state index contributed by atoms with van der Waals surface area (Å²) in [5, 5.41) is 6.99. The number of nitrogens with zero attached hydrogens (tertiary/aromatic N) is 2. The van der Waals surface area contributed by atoms with Crippen LogP contribution in [0.4, 0.5) is 11.4 Å². The Hall–Kier alpha value is -3.02. The molecular formula is C21H25N3O3. The quantitative estimate of drug-likeness (QED) is 0.811. The van der Waals surface area contributed by atoms with Gasteiger partial charge in [0.05, 0.1) is 12.8 Å². The summed E-state index contributed by atoms with van der Waals surface area (Å²) in [5.41, 5.74) is 3.44. The fraction of sp³-hybridized carbons (Fsp3) is 0.333. The second-order valence-corrected chi connectivity index (χ2v) is 6.24. The number of anilines is 2. The van der Waals surface area contributed by atoms with Crippen molar-refractivity contribution in [3.05, 3.63) is 54.1 Å². The maximum absolute atomic E-state index is 12.5. The highest BCUT2D eigenvalue weighted by molar-refractivity contribution is 6.07. The van der Waals surface area contributed by atoms with Gasteiger partial charge in [-0.1, -0.05) is 17.3 Å². The molecule has 0 fully saturated rings. The molecule has 0 saturated heterocycles. The van der Waals surface area contributed by atoms with E-state index in [2.05, 4.69) is 29.2 Å². The predicted octanol–water partition coefficient (Wildman–Crippen LogP) is 3.67. The first kappa shape index (κ1) is 18.8. The number of carbonyl (C=O) groups excluding carboxylic acids is 1. The molecule has 1 heterocycles. The van der Waals surface area contributed by atoms with Crippen molar-refractivity contribution < 1.29 is 14.4 Å². The Balaban J connectivity index is 1.61. The third kappa shape index (κ3) is 4.22. The van der Waals surface area contributed by atoms with Gasteiger partial charge >= 0.3 is 0 Å². The van der Waals surface area contributed by atoms with Gasteiger partial charge in [-0.3, -0.25) is 4.79 Å². The molecule has 3 rings (SSSR count). The monoisotopic (exact) mass is 367 g/mol. The third-order valence-corrected chi connectivity index (χ3v) is 4.64. The highest BCUT2D eigenvalue weighted by Crippen LogP contribution is 2.25. The lowest BCUT2D eigenvalue weighted by Gasteiger charge is -2.21. The Morgan fingerprint density at radius 3 is 2.56 bits per heavy atom. The highest BCUT2D eigenvalue weighted by atomic mass is 16.6. The van der Waals surface area contributed by atoms with E-state index in [1.54, 1.807) is 7.11 Å². The van der Waals surface area contributed by atoms with Crippen LogP contribution >= 0.6 is 0 Å². The molecule has 2 aromatic carbocycles. The van der Waals surface area contributed by atoms with Crippen molar-refractivity contribution in [3.63, 3.8) is 0 Å². The number of carbonyl (C=O) groups is 1. The molecule has 0 saturated carbocycles. The molecule has 0 aromatic heterocycles. The van der Waals surface area contributed by atoms with E-state index in [1.165, 1.54) is 0 Å². The molecule has 1 amide bonds. The third-order valence-electron chi connectivity index (χ3n) is 4.64. The van der Waals surface area contributed by atoms with Crippen molar-refractivity contribution in [2.24, 2.45) is 5.16 Å². The molecule has 6 nitrogen and oxygen atoms in total. The van der Waals surface area contributed by atoms with Crippen LogP contribution in [0.1, 0.15) is 25.8 Å². The van der Waals surface area contributed by atoms with E-state index < -0.39 is 6.10 Å².